The smallest absolute Gasteiger partial charge is 0.189 e. The molecule has 3 N–H and O–H groups in total. The molecule has 6 heteroatoms. The Morgan fingerprint density at radius 3 is 2.63 bits per heavy atom. The number of guanidine groups is 1. The largest absolute Gasteiger partial charge is 0.370 e. The van der Waals surface area contributed by atoms with Crippen LogP contribution < -0.4 is 11.1 Å². The third-order valence-corrected chi connectivity index (χ3v) is 4.41. The summed E-state index contributed by atoms with van der Waals surface area (Å²) in [5.41, 5.74) is 7.01. The van der Waals surface area contributed by atoms with E-state index in [4.69, 9.17) is 5.73 Å². The second-order valence-electron chi connectivity index (χ2n) is 4.92. The minimum atomic E-state index is 0. The van der Waals surface area contributed by atoms with E-state index in [9.17, 15) is 0 Å². The van der Waals surface area contributed by atoms with Crippen LogP contribution in [0.3, 0.4) is 0 Å². The number of nitrogens with one attached hydrogen (secondary N) is 1. The number of halogens is 1. The Morgan fingerprint density at radius 1 is 1.37 bits per heavy atom. The molecular weight excluding hydrogens is 371 g/mol. The average Bonchev–Trinajstić information content (AvgIpc) is 2.66. The standard InChI is InChI=1S/C13H22N4S.HI/c1-9-12(18-10(2)16-9)8-15-13(14)17-11-6-4-3-5-7-11;/h11H,3-8H2,1-2H3,(H3,14,15,17);1H. The zero-order chi connectivity index (χ0) is 13.0. The van der Waals surface area contributed by atoms with Crippen molar-refractivity contribution in [3.05, 3.63) is 15.6 Å². The second-order valence-corrected chi connectivity index (χ2v) is 6.21. The summed E-state index contributed by atoms with van der Waals surface area (Å²) in [7, 11) is 0. The molecule has 1 saturated carbocycles. The maximum atomic E-state index is 5.93. The van der Waals surface area contributed by atoms with Gasteiger partial charge in [0.05, 0.1) is 17.2 Å². The van der Waals surface area contributed by atoms with Gasteiger partial charge in [-0.25, -0.2) is 9.98 Å². The molecule has 0 spiro atoms. The molecule has 19 heavy (non-hydrogen) atoms. The lowest BCUT2D eigenvalue weighted by molar-refractivity contribution is 0.412. The van der Waals surface area contributed by atoms with E-state index in [1.165, 1.54) is 37.0 Å². The van der Waals surface area contributed by atoms with Gasteiger partial charge in [-0.05, 0) is 26.7 Å². The van der Waals surface area contributed by atoms with Crippen LogP contribution in [0.5, 0.6) is 0 Å². The van der Waals surface area contributed by atoms with Crippen molar-refractivity contribution in [1.82, 2.24) is 10.3 Å². The minimum absolute atomic E-state index is 0. The topological polar surface area (TPSA) is 63.3 Å². The molecule has 1 aliphatic rings. The van der Waals surface area contributed by atoms with E-state index in [1.54, 1.807) is 11.3 Å². The molecule has 0 aliphatic heterocycles. The molecule has 1 aromatic rings. The van der Waals surface area contributed by atoms with Crippen molar-refractivity contribution in [2.75, 3.05) is 0 Å². The fourth-order valence-electron chi connectivity index (χ4n) is 2.38. The highest BCUT2D eigenvalue weighted by atomic mass is 127. The predicted molar refractivity (Wildman–Crippen MR) is 92.3 cm³/mol. The maximum absolute atomic E-state index is 5.93. The van der Waals surface area contributed by atoms with Crippen molar-refractivity contribution in [2.45, 2.75) is 58.5 Å². The quantitative estimate of drug-likeness (QED) is 0.471. The average molecular weight is 394 g/mol. The van der Waals surface area contributed by atoms with Crippen LogP contribution in [0.25, 0.3) is 0 Å². The van der Waals surface area contributed by atoms with Crippen molar-refractivity contribution in [1.29, 1.82) is 0 Å². The first-order valence-electron chi connectivity index (χ1n) is 6.64. The summed E-state index contributed by atoms with van der Waals surface area (Å²) in [5, 5.41) is 4.42. The zero-order valence-electron chi connectivity index (χ0n) is 11.6. The number of nitrogens with two attached hydrogens (primary N) is 1. The van der Waals surface area contributed by atoms with Gasteiger partial charge in [-0.1, -0.05) is 19.3 Å². The van der Waals surface area contributed by atoms with Crippen LogP contribution in [-0.4, -0.2) is 17.0 Å². The molecule has 0 unspecified atom stereocenters. The molecule has 0 aromatic carbocycles. The lowest BCUT2D eigenvalue weighted by Crippen LogP contribution is -2.41. The van der Waals surface area contributed by atoms with Crippen LogP contribution in [0.15, 0.2) is 4.99 Å². The van der Waals surface area contributed by atoms with Crippen LogP contribution in [0.2, 0.25) is 0 Å². The highest BCUT2D eigenvalue weighted by molar-refractivity contribution is 14.0. The third kappa shape index (κ3) is 5.25. The summed E-state index contributed by atoms with van der Waals surface area (Å²) >= 11 is 1.70. The normalized spacial score (nSPS) is 17.1. The van der Waals surface area contributed by atoms with E-state index in [0.717, 1.165) is 10.7 Å². The lowest BCUT2D eigenvalue weighted by Gasteiger charge is -2.23. The molecule has 0 radical (unpaired) electrons. The van der Waals surface area contributed by atoms with Crippen LogP contribution in [0, 0.1) is 13.8 Å². The summed E-state index contributed by atoms with van der Waals surface area (Å²) < 4.78 is 0. The van der Waals surface area contributed by atoms with Crippen molar-refractivity contribution in [2.24, 2.45) is 10.7 Å². The van der Waals surface area contributed by atoms with Gasteiger partial charge in [-0.15, -0.1) is 35.3 Å². The number of nitrogens with zero attached hydrogens (tertiary/aromatic N) is 2. The fraction of sp³-hybridized carbons (Fsp3) is 0.692. The first kappa shape index (κ1) is 16.7. The summed E-state index contributed by atoms with van der Waals surface area (Å²) in [6, 6.07) is 0.520. The first-order chi connectivity index (χ1) is 8.65. The second kappa shape index (κ2) is 8.04. The van der Waals surface area contributed by atoms with Gasteiger partial charge in [0.15, 0.2) is 5.96 Å². The van der Waals surface area contributed by atoms with Gasteiger partial charge in [0, 0.05) is 10.9 Å². The highest BCUT2D eigenvalue weighted by Crippen LogP contribution is 2.18. The molecule has 1 aliphatic carbocycles. The third-order valence-electron chi connectivity index (χ3n) is 3.35. The number of hydrogen-bond acceptors (Lipinski definition) is 3. The molecule has 1 heterocycles. The van der Waals surface area contributed by atoms with Gasteiger partial charge >= 0.3 is 0 Å². The van der Waals surface area contributed by atoms with E-state index in [-0.39, 0.29) is 24.0 Å². The molecule has 1 aromatic heterocycles. The molecule has 4 nitrogen and oxygen atoms in total. The predicted octanol–water partition coefficient (Wildman–Crippen LogP) is 3.11. The number of aryl methyl sites for hydroxylation is 2. The van der Waals surface area contributed by atoms with E-state index < -0.39 is 0 Å². The lowest BCUT2D eigenvalue weighted by atomic mass is 9.96. The van der Waals surface area contributed by atoms with Crippen LogP contribution in [0.4, 0.5) is 0 Å². The van der Waals surface area contributed by atoms with E-state index in [0.29, 0.717) is 18.5 Å². The maximum Gasteiger partial charge on any atom is 0.189 e. The molecule has 0 amide bonds. The van der Waals surface area contributed by atoms with Crippen molar-refractivity contribution >= 4 is 41.3 Å². The molecule has 1 fully saturated rings. The Kier molecular flexibility index (Phi) is 7.06. The summed E-state index contributed by atoms with van der Waals surface area (Å²) in [6.45, 7) is 4.69. The van der Waals surface area contributed by atoms with Gasteiger partial charge in [0.25, 0.3) is 0 Å². The molecule has 2 rings (SSSR count). The Balaban J connectivity index is 0.00000180. The number of aromatic nitrogens is 1. The number of rotatable bonds is 3. The van der Waals surface area contributed by atoms with Crippen LogP contribution in [0.1, 0.15) is 47.7 Å². The Labute approximate surface area is 136 Å². The van der Waals surface area contributed by atoms with E-state index >= 15 is 0 Å². The Bertz CT molecular complexity index is 424. The Hall–Kier alpha value is -0.370. The number of hydrogen-bond donors (Lipinski definition) is 2. The molecule has 108 valence electrons. The minimum Gasteiger partial charge on any atom is -0.370 e. The number of thiazole rings is 1. The SMILES string of the molecule is Cc1nc(C)c(CN=C(N)NC2CCCCC2)s1.I. The Morgan fingerprint density at radius 2 is 2.05 bits per heavy atom. The van der Waals surface area contributed by atoms with Gasteiger partial charge in [-0.2, -0.15) is 0 Å². The van der Waals surface area contributed by atoms with Crippen molar-refractivity contribution in [3.63, 3.8) is 0 Å². The summed E-state index contributed by atoms with van der Waals surface area (Å²) in [4.78, 5) is 10.0. The molecule has 0 bridgehead atoms. The van der Waals surface area contributed by atoms with Crippen molar-refractivity contribution in [3.8, 4) is 0 Å². The van der Waals surface area contributed by atoms with Gasteiger partial charge < -0.3 is 11.1 Å². The zero-order valence-corrected chi connectivity index (χ0v) is 14.8. The van der Waals surface area contributed by atoms with Gasteiger partial charge in [0.2, 0.25) is 0 Å². The summed E-state index contributed by atoms with van der Waals surface area (Å²) in [6.07, 6.45) is 6.40. The van der Waals surface area contributed by atoms with E-state index in [2.05, 4.69) is 15.3 Å². The number of aliphatic imine (C=N–C) groups is 1. The van der Waals surface area contributed by atoms with E-state index in [1.807, 2.05) is 13.8 Å². The fourth-order valence-corrected chi connectivity index (χ4v) is 3.24. The van der Waals surface area contributed by atoms with Crippen molar-refractivity contribution < 1.29 is 0 Å². The molecular formula is C13H23IN4S. The first-order valence-corrected chi connectivity index (χ1v) is 7.46. The molecule has 0 saturated heterocycles. The monoisotopic (exact) mass is 394 g/mol. The van der Waals surface area contributed by atoms with Crippen LogP contribution in [-0.2, 0) is 6.54 Å². The van der Waals surface area contributed by atoms with Crippen LogP contribution >= 0.6 is 35.3 Å². The molecule has 0 atom stereocenters. The van der Waals surface area contributed by atoms with Gasteiger partial charge in [-0.3, -0.25) is 0 Å². The van der Waals surface area contributed by atoms with Gasteiger partial charge in [0.1, 0.15) is 0 Å². The highest BCUT2D eigenvalue weighted by Gasteiger charge is 2.13. The summed E-state index contributed by atoms with van der Waals surface area (Å²) in [5.74, 6) is 0.576.